The first kappa shape index (κ1) is 17.9. The van der Waals surface area contributed by atoms with Gasteiger partial charge in [-0.15, -0.1) is 11.3 Å². The number of rotatable bonds is 3. The molecule has 2 aromatic heterocycles. The molecule has 27 heavy (non-hydrogen) atoms. The molecule has 134 valence electrons. The Morgan fingerprint density at radius 3 is 2.63 bits per heavy atom. The van der Waals surface area contributed by atoms with Crippen LogP contribution in [0.5, 0.6) is 0 Å². The topological polar surface area (TPSA) is 54.9 Å². The fraction of sp³-hybridized carbons (Fsp3) is 0.0500. The lowest BCUT2D eigenvalue weighted by Crippen LogP contribution is -2.13. The average molecular weight is 414 g/mol. The molecule has 0 aliphatic heterocycles. The SMILES string of the molecule is Cc1csc(NC(=O)c2cc(-c3ccc(Cl)cc3Cl)nc3ccccc23)n1. The van der Waals surface area contributed by atoms with E-state index in [4.69, 9.17) is 23.2 Å². The molecule has 0 aliphatic carbocycles. The fourth-order valence-corrected chi connectivity index (χ4v) is 3.96. The molecule has 4 rings (SSSR count). The van der Waals surface area contributed by atoms with E-state index in [1.165, 1.54) is 11.3 Å². The molecule has 0 unspecified atom stereocenters. The lowest BCUT2D eigenvalue weighted by molar-refractivity contribution is 0.102. The second kappa shape index (κ2) is 7.27. The van der Waals surface area contributed by atoms with Gasteiger partial charge in [0.1, 0.15) is 0 Å². The van der Waals surface area contributed by atoms with E-state index in [2.05, 4.69) is 15.3 Å². The minimum Gasteiger partial charge on any atom is -0.298 e. The number of anilines is 1. The number of hydrogen-bond acceptors (Lipinski definition) is 4. The number of nitrogens with zero attached hydrogens (tertiary/aromatic N) is 2. The van der Waals surface area contributed by atoms with Crippen LogP contribution in [0.1, 0.15) is 16.1 Å². The summed E-state index contributed by atoms with van der Waals surface area (Å²) in [5, 5.41) is 7.09. The van der Waals surface area contributed by atoms with Gasteiger partial charge in [-0.25, -0.2) is 9.97 Å². The van der Waals surface area contributed by atoms with Crippen molar-refractivity contribution in [2.75, 3.05) is 5.32 Å². The molecule has 4 aromatic rings. The highest BCUT2D eigenvalue weighted by Crippen LogP contribution is 2.32. The third kappa shape index (κ3) is 3.67. The number of thiazole rings is 1. The van der Waals surface area contributed by atoms with Gasteiger partial charge in [0.25, 0.3) is 5.91 Å². The van der Waals surface area contributed by atoms with E-state index in [0.717, 1.165) is 11.1 Å². The van der Waals surface area contributed by atoms with Gasteiger partial charge in [0.15, 0.2) is 5.13 Å². The van der Waals surface area contributed by atoms with Crippen molar-refractivity contribution in [1.29, 1.82) is 0 Å². The summed E-state index contributed by atoms with van der Waals surface area (Å²) in [6.45, 7) is 1.88. The van der Waals surface area contributed by atoms with Gasteiger partial charge >= 0.3 is 0 Å². The predicted molar refractivity (Wildman–Crippen MR) is 112 cm³/mol. The Morgan fingerprint density at radius 1 is 1.07 bits per heavy atom. The Kier molecular flexibility index (Phi) is 4.83. The summed E-state index contributed by atoms with van der Waals surface area (Å²) >= 11 is 13.7. The second-order valence-electron chi connectivity index (χ2n) is 5.94. The summed E-state index contributed by atoms with van der Waals surface area (Å²) in [5.41, 5.74) is 3.40. The maximum Gasteiger partial charge on any atom is 0.258 e. The fourth-order valence-electron chi connectivity index (χ4n) is 2.77. The number of carbonyl (C=O) groups excluding carboxylic acids is 1. The monoisotopic (exact) mass is 413 g/mol. The van der Waals surface area contributed by atoms with Crippen LogP contribution < -0.4 is 5.32 Å². The molecule has 2 heterocycles. The van der Waals surface area contributed by atoms with Gasteiger partial charge in [0, 0.05) is 21.4 Å². The molecule has 7 heteroatoms. The van der Waals surface area contributed by atoms with Crippen LogP contribution in [0.4, 0.5) is 5.13 Å². The molecule has 0 spiro atoms. The van der Waals surface area contributed by atoms with Gasteiger partial charge in [0.05, 0.1) is 27.5 Å². The molecule has 0 atom stereocenters. The van der Waals surface area contributed by atoms with Gasteiger partial charge in [-0.2, -0.15) is 0 Å². The molecule has 0 aliphatic rings. The summed E-state index contributed by atoms with van der Waals surface area (Å²) in [4.78, 5) is 21.9. The predicted octanol–water partition coefficient (Wildman–Crippen LogP) is 6.23. The quantitative estimate of drug-likeness (QED) is 0.433. The summed E-state index contributed by atoms with van der Waals surface area (Å²) < 4.78 is 0. The summed E-state index contributed by atoms with van der Waals surface area (Å²) in [7, 11) is 0. The highest BCUT2D eigenvalue weighted by Gasteiger charge is 2.16. The van der Waals surface area contributed by atoms with E-state index in [-0.39, 0.29) is 5.91 Å². The third-order valence-corrected chi connectivity index (χ3v) is 5.43. The highest BCUT2D eigenvalue weighted by atomic mass is 35.5. The average Bonchev–Trinajstić information content (AvgIpc) is 3.05. The van der Waals surface area contributed by atoms with Gasteiger partial charge < -0.3 is 0 Å². The molecule has 0 saturated carbocycles. The highest BCUT2D eigenvalue weighted by molar-refractivity contribution is 7.13. The smallest absolute Gasteiger partial charge is 0.258 e. The second-order valence-corrected chi connectivity index (χ2v) is 7.65. The van der Waals surface area contributed by atoms with E-state index in [0.29, 0.717) is 37.5 Å². The molecule has 0 bridgehead atoms. The van der Waals surface area contributed by atoms with Crippen LogP contribution in [0, 0.1) is 6.92 Å². The zero-order valence-electron chi connectivity index (χ0n) is 14.2. The molecular formula is C20H13Cl2N3OS. The van der Waals surface area contributed by atoms with Crippen molar-refractivity contribution >= 4 is 56.5 Å². The molecule has 2 aromatic carbocycles. The molecule has 0 saturated heterocycles. The zero-order chi connectivity index (χ0) is 19.0. The Morgan fingerprint density at radius 2 is 1.89 bits per heavy atom. The lowest BCUT2D eigenvalue weighted by Gasteiger charge is -2.11. The minimum atomic E-state index is -0.241. The summed E-state index contributed by atoms with van der Waals surface area (Å²) in [5.74, 6) is -0.241. The van der Waals surface area contributed by atoms with Crippen LogP contribution in [-0.4, -0.2) is 15.9 Å². The maximum absolute atomic E-state index is 12.9. The number of benzene rings is 2. The Hall–Kier alpha value is -2.47. The van der Waals surface area contributed by atoms with Crippen molar-refractivity contribution in [2.24, 2.45) is 0 Å². The van der Waals surface area contributed by atoms with E-state index < -0.39 is 0 Å². The third-order valence-electron chi connectivity index (χ3n) is 4.01. The lowest BCUT2D eigenvalue weighted by atomic mass is 10.0. The van der Waals surface area contributed by atoms with Crippen LogP contribution in [-0.2, 0) is 0 Å². The van der Waals surface area contributed by atoms with Crippen LogP contribution >= 0.6 is 34.5 Å². The van der Waals surface area contributed by atoms with E-state index >= 15 is 0 Å². The molecule has 4 nitrogen and oxygen atoms in total. The molecule has 0 fully saturated rings. The number of hydrogen-bond donors (Lipinski definition) is 1. The Balaban J connectivity index is 1.84. The van der Waals surface area contributed by atoms with Crippen molar-refractivity contribution in [3.05, 3.63) is 75.2 Å². The van der Waals surface area contributed by atoms with Crippen LogP contribution in [0.15, 0.2) is 53.9 Å². The zero-order valence-corrected chi connectivity index (χ0v) is 16.5. The number of carbonyl (C=O) groups is 1. The van der Waals surface area contributed by atoms with Crippen LogP contribution in [0.25, 0.3) is 22.2 Å². The number of halogens is 2. The van der Waals surface area contributed by atoms with Crippen LogP contribution in [0.3, 0.4) is 0 Å². The van der Waals surface area contributed by atoms with Crippen molar-refractivity contribution in [3.63, 3.8) is 0 Å². The number of para-hydroxylation sites is 1. The van der Waals surface area contributed by atoms with Gasteiger partial charge in [-0.3, -0.25) is 10.1 Å². The molecule has 1 amide bonds. The number of amides is 1. The molecule has 1 N–H and O–H groups in total. The van der Waals surface area contributed by atoms with Crippen molar-refractivity contribution in [3.8, 4) is 11.3 Å². The number of fused-ring (bicyclic) bond motifs is 1. The first-order chi connectivity index (χ1) is 13.0. The van der Waals surface area contributed by atoms with Crippen molar-refractivity contribution in [2.45, 2.75) is 6.92 Å². The molecule has 0 radical (unpaired) electrons. The largest absolute Gasteiger partial charge is 0.298 e. The van der Waals surface area contributed by atoms with E-state index in [1.54, 1.807) is 24.3 Å². The Labute approximate surface area is 169 Å². The summed E-state index contributed by atoms with van der Waals surface area (Å²) in [6, 6.07) is 14.5. The number of nitrogens with one attached hydrogen (secondary N) is 1. The summed E-state index contributed by atoms with van der Waals surface area (Å²) in [6.07, 6.45) is 0. The van der Waals surface area contributed by atoms with E-state index in [1.807, 2.05) is 36.6 Å². The number of aromatic nitrogens is 2. The standard InChI is InChI=1S/C20H13Cl2N3OS/c1-11-10-27-20(23-11)25-19(26)15-9-18(14-7-6-12(21)8-16(14)22)24-17-5-3-2-4-13(15)17/h2-10H,1H3,(H,23,25,26). The minimum absolute atomic E-state index is 0.241. The molecular weight excluding hydrogens is 401 g/mol. The van der Waals surface area contributed by atoms with E-state index in [9.17, 15) is 4.79 Å². The van der Waals surface area contributed by atoms with Gasteiger partial charge in [0.2, 0.25) is 0 Å². The first-order valence-electron chi connectivity index (χ1n) is 8.10. The number of aryl methyl sites for hydroxylation is 1. The van der Waals surface area contributed by atoms with Crippen molar-refractivity contribution in [1.82, 2.24) is 9.97 Å². The maximum atomic E-state index is 12.9. The van der Waals surface area contributed by atoms with Gasteiger partial charge in [-0.05, 0) is 37.3 Å². The first-order valence-corrected chi connectivity index (χ1v) is 9.73. The van der Waals surface area contributed by atoms with Crippen LogP contribution in [0.2, 0.25) is 10.0 Å². The normalized spacial score (nSPS) is 10.9. The van der Waals surface area contributed by atoms with Gasteiger partial charge in [-0.1, -0.05) is 41.4 Å². The van der Waals surface area contributed by atoms with Crippen molar-refractivity contribution < 1.29 is 4.79 Å². The number of pyridine rings is 1. The Bertz CT molecular complexity index is 1170.